The highest BCUT2D eigenvalue weighted by molar-refractivity contribution is 6.01. The number of nitrogens with one attached hydrogen (secondary N) is 2. The Balaban J connectivity index is 1.68. The molecule has 1 aromatic heterocycles. The molecule has 2 rings (SSSR count). The zero-order valence-corrected chi connectivity index (χ0v) is 8.73. The minimum Gasteiger partial charge on any atom is -0.472 e. The first-order valence-electron chi connectivity index (χ1n) is 5.07. The van der Waals surface area contributed by atoms with Crippen LogP contribution < -0.4 is 10.6 Å². The van der Waals surface area contributed by atoms with Crippen LogP contribution >= 0.6 is 0 Å². The van der Waals surface area contributed by atoms with Crippen molar-refractivity contribution in [3.05, 3.63) is 24.2 Å². The third-order valence-corrected chi connectivity index (χ3v) is 2.36. The molecule has 3 amide bonds. The van der Waals surface area contributed by atoms with Gasteiger partial charge >= 0.3 is 6.03 Å². The van der Waals surface area contributed by atoms with Gasteiger partial charge in [-0.05, 0) is 6.07 Å². The van der Waals surface area contributed by atoms with Gasteiger partial charge in [0.15, 0.2) is 0 Å². The van der Waals surface area contributed by atoms with E-state index in [1.54, 1.807) is 12.5 Å². The Morgan fingerprint density at radius 2 is 2.38 bits per heavy atom. The molecule has 0 bridgehead atoms. The van der Waals surface area contributed by atoms with Crippen molar-refractivity contribution >= 4 is 11.9 Å². The molecule has 0 aromatic carbocycles. The Labute approximate surface area is 92.6 Å². The number of amides is 3. The molecular weight excluding hydrogens is 210 g/mol. The number of carbonyl (C=O) groups is 2. The van der Waals surface area contributed by atoms with Crippen LogP contribution in [-0.4, -0.2) is 36.5 Å². The van der Waals surface area contributed by atoms with E-state index >= 15 is 0 Å². The van der Waals surface area contributed by atoms with Crippen LogP contribution in [0.5, 0.6) is 0 Å². The van der Waals surface area contributed by atoms with Crippen molar-refractivity contribution in [1.29, 1.82) is 0 Å². The molecule has 1 aliphatic heterocycles. The maximum atomic E-state index is 11.2. The molecule has 1 saturated heterocycles. The molecular formula is C10H13N3O3. The molecule has 1 aromatic rings. The SMILES string of the molecule is O=C1CNC(=O)N1CCNCc1ccoc1. The van der Waals surface area contributed by atoms with Crippen molar-refractivity contribution in [1.82, 2.24) is 15.5 Å². The fraction of sp³-hybridized carbons (Fsp3) is 0.400. The lowest BCUT2D eigenvalue weighted by Crippen LogP contribution is -2.36. The average Bonchev–Trinajstić information content (AvgIpc) is 2.87. The summed E-state index contributed by atoms with van der Waals surface area (Å²) >= 11 is 0. The summed E-state index contributed by atoms with van der Waals surface area (Å²) in [6.45, 7) is 1.74. The van der Waals surface area contributed by atoms with E-state index in [1.165, 1.54) is 4.90 Å². The van der Waals surface area contributed by atoms with Crippen LogP contribution in [0.25, 0.3) is 0 Å². The number of urea groups is 1. The summed E-state index contributed by atoms with van der Waals surface area (Å²) in [4.78, 5) is 23.6. The largest absolute Gasteiger partial charge is 0.472 e. The standard InChI is InChI=1S/C10H13N3O3/c14-9-6-12-10(15)13(9)3-2-11-5-8-1-4-16-7-8/h1,4,7,11H,2-3,5-6H2,(H,12,15). The van der Waals surface area contributed by atoms with E-state index in [4.69, 9.17) is 4.42 Å². The lowest BCUT2D eigenvalue weighted by atomic mass is 10.3. The molecule has 6 nitrogen and oxygen atoms in total. The average molecular weight is 223 g/mol. The lowest BCUT2D eigenvalue weighted by molar-refractivity contribution is -0.124. The lowest BCUT2D eigenvalue weighted by Gasteiger charge is -2.12. The van der Waals surface area contributed by atoms with Gasteiger partial charge in [-0.15, -0.1) is 0 Å². The molecule has 6 heteroatoms. The van der Waals surface area contributed by atoms with Crippen molar-refractivity contribution in [3.8, 4) is 0 Å². The fourth-order valence-corrected chi connectivity index (χ4v) is 1.50. The van der Waals surface area contributed by atoms with Gasteiger partial charge in [0.25, 0.3) is 0 Å². The van der Waals surface area contributed by atoms with E-state index in [-0.39, 0.29) is 18.5 Å². The highest BCUT2D eigenvalue weighted by Crippen LogP contribution is 1.99. The Morgan fingerprint density at radius 3 is 3.00 bits per heavy atom. The van der Waals surface area contributed by atoms with Crippen molar-refractivity contribution < 1.29 is 14.0 Å². The minimum absolute atomic E-state index is 0.112. The molecule has 0 saturated carbocycles. The third-order valence-electron chi connectivity index (χ3n) is 2.36. The highest BCUT2D eigenvalue weighted by Gasteiger charge is 2.27. The molecule has 1 fully saturated rings. The number of hydrogen-bond acceptors (Lipinski definition) is 4. The second-order valence-electron chi connectivity index (χ2n) is 3.51. The summed E-state index contributed by atoms with van der Waals surface area (Å²) in [5.74, 6) is -0.171. The number of imide groups is 1. The summed E-state index contributed by atoms with van der Waals surface area (Å²) in [7, 11) is 0. The molecule has 1 aliphatic rings. The van der Waals surface area contributed by atoms with E-state index in [0.717, 1.165) is 5.56 Å². The highest BCUT2D eigenvalue weighted by atomic mass is 16.3. The van der Waals surface area contributed by atoms with Gasteiger partial charge in [-0.25, -0.2) is 4.79 Å². The predicted octanol–water partition coefficient (Wildman–Crippen LogP) is -0.0790. The smallest absolute Gasteiger partial charge is 0.324 e. The molecule has 0 spiro atoms. The first-order chi connectivity index (χ1) is 7.77. The van der Waals surface area contributed by atoms with E-state index < -0.39 is 0 Å². The summed E-state index contributed by atoms with van der Waals surface area (Å²) in [5, 5.41) is 5.59. The third kappa shape index (κ3) is 2.40. The molecule has 2 N–H and O–H groups in total. The quantitative estimate of drug-likeness (QED) is 0.541. The number of furan rings is 1. The van der Waals surface area contributed by atoms with Gasteiger partial charge in [-0.1, -0.05) is 0 Å². The van der Waals surface area contributed by atoms with Gasteiger partial charge in [-0.2, -0.15) is 0 Å². The van der Waals surface area contributed by atoms with Crippen molar-refractivity contribution in [3.63, 3.8) is 0 Å². The normalized spacial score (nSPS) is 15.6. The molecule has 86 valence electrons. The predicted molar refractivity (Wildman–Crippen MR) is 55.5 cm³/mol. The molecule has 16 heavy (non-hydrogen) atoms. The topological polar surface area (TPSA) is 74.6 Å². The monoisotopic (exact) mass is 223 g/mol. The second-order valence-corrected chi connectivity index (χ2v) is 3.51. The van der Waals surface area contributed by atoms with Gasteiger partial charge in [0, 0.05) is 25.2 Å². The maximum Gasteiger partial charge on any atom is 0.324 e. The molecule has 0 radical (unpaired) electrons. The zero-order chi connectivity index (χ0) is 11.4. The van der Waals surface area contributed by atoms with Gasteiger partial charge in [0.05, 0.1) is 19.1 Å². The minimum atomic E-state index is -0.310. The van der Waals surface area contributed by atoms with Crippen LogP contribution in [0.1, 0.15) is 5.56 Å². The van der Waals surface area contributed by atoms with Gasteiger partial charge < -0.3 is 15.1 Å². The van der Waals surface area contributed by atoms with Crippen LogP contribution in [0, 0.1) is 0 Å². The first kappa shape index (κ1) is 10.7. The summed E-state index contributed by atoms with van der Waals surface area (Å²) in [6, 6.07) is 1.55. The van der Waals surface area contributed by atoms with Gasteiger partial charge in [0.2, 0.25) is 5.91 Å². The number of hydrogen-bond donors (Lipinski definition) is 2. The molecule has 2 heterocycles. The summed E-state index contributed by atoms with van der Waals surface area (Å²) in [5.41, 5.74) is 1.04. The Kier molecular flexibility index (Phi) is 3.21. The van der Waals surface area contributed by atoms with Gasteiger partial charge in [0.1, 0.15) is 0 Å². The van der Waals surface area contributed by atoms with Crippen molar-refractivity contribution in [2.45, 2.75) is 6.54 Å². The summed E-state index contributed by atoms with van der Waals surface area (Å²) in [6.07, 6.45) is 3.26. The first-order valence-corrected chi connectivity index (χ1v) is 5.07. The Hall–Kier alpha value is -1.82. The Bertz CT molecular complexity index is 359. The van der Waals surface area contributed by atoms with E-state index in [9.17, 15) is 9.59 Å². The second kappa shape index (κ2) is 4.80. The molecule has 0 unspecified atom stereocenters. The molecule has 0 atom stereocenters. The van der Waals surface area contributed by atoms with E-state index in [0.29, 0.717) is 19.6 Å². The Morgan fingerprint density at radius 1 is 1.50 bits per heavy atom. The fourth-order valence-electron chi connectivity index (χ4n) is 1.50. The van der Waals surface area contributed by atoms with Crippen molar-refractivity contribution in [2.24, 2.45) is 0 Å². The van der Waals surface area contributed by atoms with Crippen LogP contribution in [-0.2, 0) is 11.3 Å². The number of carbonyl (C=O) groups excluding carboxylic acids is 2. The maximum absolute atomic E-state index is 11.2. The van der Waals surface area contributed by atoms with Crippen LogP contribution in [0.15, 0.2) is 23.0 Å². The van der Waals surface area contributed by atoms with E-state index in [2.05, 4.69) is 10.6 Å². The number of nitrogens with zero attached hydrogens (tertiary/aromatic N) is 1. The van der Waals surface area contributed by atoms with Crippen LogP contribution in [0.4, 0.5) is 4.79 Å². The zero-order valence-electron chi connectivity index (χ0n) is 8.73. The van der Waals surface area contributed by atoms with Crippen molar-refractivity contribution in [2.75, 3.05) is 19.6 Å². The molecule has 0 aliphatic carbocycles. The van der Waals surface area contributed by atoms with Crippen LogP contribution in [0.2, 0.25) is 0 Å². The van der Waals surface area contributed by atoms with Gasteiger partial charge in [-0.3, -0.25) is 9.69 Å². The number of rotatable bonds is 5. The summed E-state index contributed by atoms with van der Waals surface area (Å²) < 4.78 is 4.91. The van der Waals surface area contributed by atoms with Crippen LogP contribution in [0.3, 0.4) is 0 Å². The van der Waals surface area contributed by atoms with E-state index in [1.807, 2.05) is 6.07 Å².